The van der Waals surface area contributed by atoms with Gasteiger partial charge in [-0.2, -0.15) is 0 Å². The Morgan fingerprint density at radius 3 is 2.32 bits per heavy atom. The molecule has 2 aromatic rings. The second-order valence-corrected chi connectivity index (χ2v) is 5.40. The summed E-state index contributed by atoms with van der Waals surface area (Å²) in [5.74, 6) is 0. The number of ether oxygens (including phenoxy) is 1. The third-order valence-corrected chi connectivity index (χ3v) is 4.16. The predicted octanol–water partition coefficient (Wildman–Crippen LogP) is 4.38. The Balaban J connectivity index is 1.87. The summed E-state index contributed by atoms with van der Waals surface area (Å²) in [5, 5.41) is 0. The zero-order chi connectivity index (χ0) is 15.4. The first-order chi connectivity index (χ1) is 10.8. The number of hydrogen-bond donors (Lipinski definition) is 0. The highest BCUT2D eigenvalue weighted by Crippen LogP contribution is 2.36. The van der Waals surface area contributed by atoms with E-state index in [-0.39, 0.29) is 0 Å². The van der Waals surface area contributed by atoms with E-state index in [2.05, 4.69) is 30.4 Å². The zero-order valence-electron chi connectivity index (χ0n) is 12.5. The van der Waals surface area contributed by atoms with E-state index in [0.717, 1.165) is 29.4 Å². The maximum atomic E-state index is 10.7. The number of benzene rings is 2. The van der Waals surface area contributed by atoms with Gasteiger partial charge in [0.1, 0.15) is 11.9 Å². The van der Waals surface area contributed by atoms with E-state index in [1.54, 1.807) is 7.11 Å². The van der Waals surface area contributed by atoms with Gasteiger partial charge in [-0.3, -0.25) is 4.79 Å². The van der Waals surface area contributed by atoms with E-state index in [4.69, 9.17) is 4.74 Å². The van der Waals surface area contributed by atoms with Crippen LogP contribution in [0.1, 0.15) is 27.9 Å². The first-order valence-corrected chi connectivity index (χ1v) is 7.33. The second-order valence-electron chi connectivity index (χ2n) is 5.40. The summed E-state index contributed by atoms with van der Waals surface area (Å²) in [5.41, 5.74) is 3.72. The molecule has 2 heteroatoms. The van der Waals surface area contributed by atoms with Crippen molar-refractivity contribution in [1.82, 2.24) is 0 Å². The Hall–Kier alpha value is -2.45. The highest BCUT2D eigenvalue weighted by atomic mass is 16.5. The lowest BCUT2D eigenvalue weighted by atomic mass is 9.84. The fourth-order valence-electron chi connectivity index (χ4n) is 2.79. The van der Waals surface area contributed by atoms with Crippen LogP contribution in [0.15, 0.2) is 72.8 Å². The van der Waals surface area contributed by atoms with Crippen LogP contribution in [0.4, 0.5) is 0 Å². The van der Waals surface area contributed by atoms with Crippen LogP contribution in [0.25, 0.3) is 5.57 Å². The van der Waals surface area contributed by atoms with Gasteiger partial charge in [-0.25, -0.2) is 0 Å². The highest BCUT2D eigenvalue weighted by molar-refractivity contribution is 5.79. The van der Waals surface area contributed by atoms with E-state index in [9.17, 15) is 4.79 Å². The van der Waals surface area contributed by atoms with Crippen LogP contribution < -0.4 is 0 Å². The van der Waals surface area contributed by atoms with Gasteiger partial charge in [0, 0.05) is 19.1 Å². The van der Waals surface area contributed by atoms with Crippen molar-refractivity contribution < 1.29 is 9.53 Å². The van der Waals surface area contributed by atoms with Crippen molar-refractivity contribution in [2.45, 2.75) is 12.0 Å². The highest BCUT2D eigenvalue weighted by Gasteiger charge is 2.30. The molecule has 0 N–H and O–H groups in total. The topological polar surface area (TPSA) is 26.3 Å². The molecule has 0 fully saturated rings. The molecule has 0 spiro atoms. The average molecular weight is 290 g/mol. The van der Waals surface area contributed by atoms with Crippen LogP contribution in [0.5, 0.6) is 0 Å². The maximum Gasteiger partial charge on any atom is 0.150 e. The van der Waals surface area contributed by atoms with Gasteiger partial charge in [-0.15, -0.1) is 0 Å². The van der Waals surface area contributed by atoms with Crippen molar-refractivity contribution in [1.29, 1.82) is 0 Å². The van der Waals surface area contributed by atoms with Gasteiger partial charge in [0.05, 0.1) is 0 Å². The number of hydrogen-bond acceptors (Lipinski definition) is 2. The van der Waals surface area contributed by atoms with Crippen molar-refractivity contribution in [2.24, 2.45) is 0 Å². The molecule has 0 saturated heterocycles. The van der Waals surface area contributed by atoms with Gasteiger partial charge >= 0.3 is 0 Å². The van der Waals surface area contributed by atoms with Crippen molar-refractivity contribution in [3.05, 3.63) is 89.5 Å². The molecule has 1 unspecified atom stereocenters. The van der Waals surface area contributed by atoms with Gasteiger partial charge < -0.3 is 4.74 Å². The molecule has 2 nitrogen and oxygen atoms in total. The number of methoxy groups -OCH3 is 1. The SMILES string of the molecule is COC1(c2ccccc2)C=CC(c2ccc(C=O)cc2)=CC1. The van der Waals surface area contributed by atoms with Crippen molar-refractivity contribution >= 4 is 11.9 Å². The first-order valence-electron chi connectivity index (χ1n) is 7.33. The molecular weight excluding hydrogens is 272 g/mol. The summed E-state index contributed by atoms with van der Waals surface area (Å²) in [6, 6.07) is 17.9. The van der Waals surface area contributed by atoms with E-state index in [1.165, 1.54) is 0 Å². The minimum absolute atomic E-state index is 0.395. The molecule has 1 atom stereocenters. The summed E-state index contributed by atoms with van der Waals surface area (Å²) >= 11 is 0. The summed E-state index contributed by atoms with van der Waals surface area (Å²) < 4.78 is 5.81. The number of carbonyl (C=O) groups is 1. The third kappa shape index (κ3) is 2.66. The Morgan fingerprint density at radius 1 is 1.05 bits per heavy atom. The molecule has 3 rings (SSSR count). The van der Waals surface area contributed by atoms with Gasteiger partial charge in [0.15, 0.2) is 0 Å². The van der Waals surface area contributed by atoms with Crippen molar-refractivity contribution in [3.63, 3.8) is 0 Å². The fraction of sp³-hybridized carbons (Fsp3) is 0.150. The Labute approximate surface area is 130 Å². The third-order valence-electron chi connectivity index (χ3n) is 4.16. The summed E-state index contributed by atoms with van der Waals surface area (Å²) in [6.07, 6.45) is 8.04. The van der Waals surface area contributed by atoms with Crippen LogP contribution in [-0.4, -0.2) is 13.4 Å². The quantitative estimate of drug-likeness (QED) is 0.781. The molecule has 0 amide bonds. The van der Waals surface area contributed by atoms with Crippen LogP contribution >= 0.6 is 0 Å². The lowest BCUT2D eigenvalue weighted by Crippen LogP contribution is -2.26. The number of rotatable bonds is 4. The van der Waals surface area contributed by atoms with Crippen molar-refractivity contribution in [2.75, 3.05) is 7.11 Å². The van der Waals surface area contributed by atoms with E-state index >= 15 is 0 Å². The summed E-state index contributed by atoms with van der Waals surface area (Å²) in [6.45, 7) is 0. The van der Waals surface area contributed by atoms with Crippen molar-refractivity contribution in [3.8, 4) is 0 Å². The van der Waals surface area contributed by atoms with Crippen LogP contribution in [0.2, 0.25) is 0 Å². The van der Waals surface area contributed by atoms with E-state index in [1.807, 2.05) is 42.5 Å². The number of allylic oxidation sites excluding steroid dienone is 2. The van der Waals surface area contributed by atoms with E-state index in [0.29, 0.717) is 5.56 Å². The lowest BCUT2D eigenvalue weighted by molar-refractivity contribution is 0.0310. The average Bonchev–Trinajstić information content (AvgIpc) is 2.63. The van der Waals surface area contributed by atoms with E-state index < -0.39 is 5.60 Å². The molecule has 110 valence electrons. The monoisotopic (exact) mass is 290 g/mol. The standard InChI is InChI=1S/C20H18O2/c1-22-20(19-5-3-2-4-6-19)13-11-18(12-14-20)17-9-7-16(15-21)8-10-17/h2-13,15H,14H2,1H3. The van der Waals surface area contributed by atoms with Gasteiger partial charge in [0.25, 0.3) is 0 Å². The second kappa shape index (κ2) is 6.12. The molecular formula is C20H18O2. The Morgan fingerprint density at radius 2 is 1.77 bits per heavy atom. The smallest absolute Gasteiger partial charge is 0.150 e. The molecule has 1 aliphatic rings. The van der Waals surface area contributed by atoms with Gasteiger partial charge in [-0.05, 0) is 22.8 Å². The predicted molar refractivity (Wildman–Crippen MR) is 88.7 cm³/mol. The molecule has 2 aromatic carbocycles. The van der Waals surface area contributed by atoms with Gasteiger partial charge in [-0.1, -0.05) is 66.7 Å². The fourth-order valence-corrected chi connectivity index (χ4v) is 2.79. The molecule has 0 bridgehead atoms. The Kier molecular flexibility index (Phi) is 4.03. The molecule has 0 aromatic heterocycles. The summed E-state index contributed by atoms with van der Waals surface area (Å²) in [7, 11) is 1.75. The molecule has 0 heterocycles. The first kappa shape index (κ1) is 14.5. The number of aldehydes is 1. The van der Waals surface area contributed by atoms with Gasteiger partial charge in [0.2, 0.25) is 0 Å². The maximum absolute atomic E-state index is 10.7. The Bertz CT molecular complexity index is 711. The van der Waals surface area contributed by atoms with Crippen LogP contribution in [0.3, 0.4) is 0 Å². The zero-order valence-corrected chi connectivity index (χ0v) is 12.5. The normalized spacial score (nSPS) is 20.5. The lowest BCUT2D eigenvalue weighted by Gasteiger charge is -2.31. The number of carbonyl (C=O) groups excluding carboxylic acids is 1. The van der Waals surface area contributed by atoms with Crippen LogP contribution in [0, 0.1) is 0 Å². The van der Waals surface area contributed by atoms with Crippen LogP contribution in [-0.2, 0) is 10.3 Å². The molecule has 0 radical (unpaired) electrons. The largest absolute Gasteiger partial charge is 0.369 e. The molecule has 0 aliphatic heterocycles. The molecule has 0 saturated carbocycles. The molecule has 22 heavy (non-hydrogen) atoms. The minimum atomic E-state index is -0.395. The molecule has 1 aliphatic carbocycles. The summed E-state index contributed by atoms with van der Waals surface area (Å²) in [4.78, 5) is 10.7. The minimum Gasteiger partial charge on any atom is -0.369 e.